The SMILES string of the molecule is O=C(NC1CCC(F)(F)C1)c1ccc2c(-c3ccccc3Cl)nn(-c3ccc(F)cc3)c2c1. The van der Waals surface area contributed by atoms with E-state index < -0.39 is 17.9 Å². The van der Waals surface area contributed by atoms with Crippen molar-refractivity contribution in [2.45, 2.75) is 31.2 Å². The van der Waals surface area contributed by atoms with E-state index in [1.165, 1.54) is 12.1 Å². The normalized spacial score (nSPS) is 17.4. The van der Waals surface area contributed by atoms with E-state index in [9.17, 15) is 18.0 Å². The molecule has 1 atom stereocenters. The first-order valence-electron chi connectivity index (χ1n) is 10.5. The number of halogens is 4. The lowest BCUT2D eigenvalue weighted by Crippen LogP contribution is -2.33. The molecular weight excluding hydrogens is 451 g/mol. The highest BCUT2D eigenvalue weighted by Gasteiger charge is 2.40. The molecule has 4 nitrogen and oxygen atoms in total. The van der Waals surface area contributed by atoms with E-state index in [1.54, 1.807) is 41.1 Å². The molecule has 1 fully saturated rings. The van der Waals surface area contributed by atoms with Crippen LogP contribution >= 0.6 is 11.6 Å². The van der Waals surface area contributed by atoms with Gasteiger partial charge in [-0.05, 0) is 55.0 Å². The van der Waals surface area contributed by atoms with Crippen LogP contribution in [0.3, 0.4) is 0 Å². The van der Waals surface area contributed by atoms with Gasteiger partial charge in [0.05, 0.1) is 16.2 Å². The summed E-state index contributed by atoms with van der Waals surface area (Å²) in [5, 5.41) is 8.70. The highest BCUT2D eigenvalue weighted by molar-refractivity contribution is 6.33. The van der Waals surface area contributed by atoms with E-state index in [0.717, 1.165) is 10.9 Å². The van der Waals surface area contributed by atoms with Crippen molar-refractivity contribution in [3.8, 4) is 16.9 Å². The van der Waals surface area contributed by atoms with Crippen LogP contribution < -0.4 is 5.32 Å². The number of hydrogen-bond acceptors (Lipinski definition) is 2. The molecule has 3 aromatic carbocycles. The highest BCUT2D eigenvalue weighted by Crippen LogP contribution is 2.36. The minimum absolute atomic E-state index is 0.227. The second kappa shape index (κ2) is 8.23. The summed E-state index contributed by atoms with van der Waals surface area (Å²) in [7, 11) is 0. The number of nitrogens with one attached hydrogen (secondary N) is 1. The molecule has 0 spiro atoms. The molecule has 4 aromatic rings. The first-order chi connectivity index (χ1) is 15.8. The maximum absolute atomic E-state index is 13.5. The molecule has 8 heteroatoms. The predicted molar refractivity (Wildman–Crippen MR) is 122 cm³/mol. The summed E-state index contributed by atoms with van der Waals surface area (Å²) in [4.78, 5) is 12.8. The van der Waals surface area contributed by atoms with Crippen LogP contribution in [0.5, 0.6) is 0 Å². The molecule has 1 unspecified atom stereocenters. The summed E-state index contributed by atoms with van der Waals surface area (Å²) in [5.41, 5.74) is 2.87. The van der Waals surface area contributed by atoms with Crippen LogP contribution in [-0.2, 0) is 0 Å². The van der Waals surface area contributed by atoms with Crippen LogP contribution in [0.15, 0.2) is 66.7 Å². The summed E-state index contributed by atoms with van der Waals surface area (Å²) in [6, 6.07) is 17.6. The van der Waals surface area contributed by atoms with Crippen LogP contribution in [0.1, 0.15) is 29.6 Å². The summed E-state index contributed by atoms with van der Waals surface area (Å²) in [6.07, 6.45) is -0.341. The number of alkyl halides is 2. The molecule has 1 aliphatic carbocycles. The third-order valence-electron chi connectivity index (χ3n) is 5.88. The number of aromatic nitrogens is 2. The number of hydrogen-bond donors (Lipinski definition) is 1. The van der Waals surface area contributed by atoms with Crippen molar-refractivity contribution in [1.29, 1.82) is 0 Å². The van der Waals surface area contributed by atoms with Gasteiger partial charge < -0.3 is 5.32 Å². The number of carbonyl (C=O) groups excluding carboxylic acids is 1. The Labute approximate surface area is 193 Å². The van der Waals surface area contributed by atoms with E-state index in [1.807, 2.05) is 18.2 Å². The average Bonchev–Trinajstić information content (AvgIpc) is 3.33. The maximum Gasteiger partial charge on any atom is 0.251 e. The van der Waals surface area contributed by atoms with Gasteiger partial charge >= 0.3 is 0 Å². The maximum atomic E-state index is 13.5. The van der Waals surface area contributed by atoms with Crippen molar-refractivity contribution < 1.29 is 18.0 Å². The number of rotatable bonds is 4. The molecule has 0 bridgehead atoms. The molecule has 168 valence electrons. The Balaban J connectivity index is 1.59. The number of carbonyl (C=O) groups is 1. The van der Waals surface area contributed by atoms with Crippen LogP contribution in [0.25, 0.3) is 27.8 Å². The van der Waals surface area contributed by atoms with Gasteiger partial charge in [-0.15, -0.1) is 0 Å². The van der Waals surface area contributed by atoms with Crippen molar-refractivity contribution in [2.75, 3.05) is 0 Å². The fourth-order valence-corrected chi connectivity index (χ4v) is 4.45. The van der Waals surface area contributed by atoms with Gasteiger partial charge in [-0.25, -0.2) is 17.9 Å². The third kappa shape index (κ3) is 4.20. The Kier molecular flexibility index (Phi) is 5.37. The Hall–Kier alpha value is -3.32. The van der Waals surface area contributed by atoms with Crippen molar-refractivity contribution in [2.24, 2.45) is 0 Å². The second-order valence-electron chi connectivity index (χ2n) is 8.22. The van der Waals surface area contributed by atoms with Gasteiger partial charge in [0.1, 0.15) is 11.5 Å². The van der Waals surface area contributed by atoms with Crippen LogP contribution in [0, 0.1) is 5.82 Å². The predicted octanol–water partition coefficient (Wildman–Crippen LogP) is 6.40. The van der Waals surface area contributed by atoms with Gasteiger partial charge in [-0.3, -0.25) is 4.79 Å². The summed E-state index contributed by atoms with van der Waals surface area (Å²) < 4.78 is 42.2. The molecule has 1 N–H and O–H groups in total. The van der Waals surface area contributed by atoms with Crippen molar-refractivity contribution in [3.05, 3.63) is 83.1 Å². The Morgan fingerprint density at radius 3 is 2.55 bits per heavy atom. The average molecular weight is 470 g/mol. The van der Waals surface area contributed by atoms with Gasteiger partial charge in [0, 0.05) is 35.4 Å². The number of fused-ring (bicyclic) bond motifs is 1. The first kappa shape index (κ1) is 21.5. The van der Waals surface area contributed by atoms with E-state index >= 15 is 0 Å². The quantitative estimate of drug-likeness (QED) is 0.376. The molecule has 5 rings (SSSR count). The number of nitrogens with zero attached hydrogens (tertiary/aromatic N) is 2. The molecule has 1 amide bonds. The monoisotopic (exact) mass is 469 g/mol. The van der Waals surface area contributed by atoms with E-state index in [0.29, 0.717) is 27.5 Å². The van der Waals surface area contributed by atoms with Gasteiger partial charge in [-0.2, -0.15) is 5.10 Å². The van der Waals surface area contributed by atoms with E-state index in [2.05, 4.69) is 5.32 Å². The lowest BCUT2D eigenvalue weighted by molar-refractivity contribution is 0.00711. The van der Waals surface area contributed by atoms with Crippen molar-refractivity contribution >= 4 is 28.4 Å². The standard InChI is InChI=1S/C25H19ClF3N3O/c26-21-4-2-1-3-19(21)23-20-10-5-15(24(33)30-17-11-12-25(28,29)14-17)13-22(20)32(31-23)18-8-6-16(27)7-9-18/h1-10,13,17H,11-12,14H2,(H,30,33). The molecule has 0 saturated heterocycles. The van der Waals surface area contributed by atoms with Crippen molar-refractivity contribution in [1.82, 2.24) is 15.1 Å². The fraction of sp³-hybridized carbons (Fsp3) is 0.200. The van der Waals surface area contributed by atoms with Gasteiger partial charge in [0.2, 0.25) is 5.92 Å². The smallest absolute Gasteiger partial charge is 0.251 e. The zero-order valence-electron chi connectivity index (χ0n) is 17.4. The molecule has 1 heterocycles. The topological polar surface area (TPSA) is 46.9 Å². The van der Waals surface area contributed by atoms with Crippen LogP contribution in [0.2, 0.25) is 5.02 Å². The lowest BCUT2D eigenvalue weighted by Gasteiger charge is -2.13. The highest BCUT2D eigenvalue weighted by atomic mass is 35.5. The van der Waals surface area contributed by atoms with E-state index in [4.69, 9.17) is 16.7 Å². The molecule has 1 saturated carbocycles. The van der Waals surface area contributed by atoms with Gasteiger partial charge in [0.25, 0.3) is 5.91 Å². The van der Waals surface area contributed by atoms with Gasteiger partial charge in [0.15, 0.2) is 0 Å². The van der Waals surface area contributed by atoms with Crippen molar-refractivity contribution in [3.63, 3.8) is 0 Å². The Morgan fingerprint density at radius 2 is 1.85 bits per heavy atom. The largest absolute Gasteiger partial charge is 0.349 e. The summed E-state index contributed by atoms with van der Waals surface area (Å²) >= 11 is 6.41. The zero-order valence-corrected chi connectivity index (χ0v) is 18.1. The minimum atomic E-state index is -2.74. The molecule has 1 aromatic heterocycles. The molecule has 0 aliphatic heterocycles. The zero-order chi connectivity index (χ0) is 23.2. The minimum Gasteiger partial charge on any atom is -0.349 e. The van der Waals surface area contributed by atoms with Gasteiger partial charge in [-0.1, -0.05) is 29.8 Å². The first-order valence-corrected chi connectivity index (χ1v) is 10.9. The third-order valence-corrected chi connectivity index (χ3v) is 6.21. The lowest BCUT2D eigenvalue weighted by atomic mass is 10.1. The Morgan fingerprint density at radius 1 is 1.09 bits per heavy atom. The summed E-state index contributed by atoms with van der Waals surface area (Å²) in [6.45, 7) is 0. The van der Waals surface area contributed by atoms with E-state index in [-0.39, 0.29) is 25.1 Å². The molecule has 33 heavy (non-hydrogen) atoms. The Bertz CT molecular complexity index is 1350. The molecule has 1 aliphatic rings. The van der Waals surface area contributed by atoms with Crippen LogP contribution in [0.4, 0.5) is 13.2 Å². The molecular formula is C25H19ClF3N3O. The number of benzene rings is 3. The molecule has 0 radical (unpaired) electrons. The fourth-order valence-electron chi connectivity index (χ4n) is 4.23. The summed E-state index contributed by atoms with van der Waals surface area (Å²) in [5.74, 6) is -3.55. The second-order valence-corrected chi connectivity index (χ2v) is 8.62. The number of amides is 1. The van der Waals surface area contributed by atoms with Crippen LogP contribution in [-0.4, -0.2) is 27.7 Å².